The van der Waals surface area contributed by atoms with Gasteiger partial charge in [-0.05, 0) is 19.1 Å². The number of nitrogens with zero attached hydrogens (tertiary/aromatic N) is 1. The van der Waals surface area contributed by atoms with E-state index in [1.54, 1.807) is 11.8 Å². The number of benzene rings is 1. The molecule has 2 aromatic rings. The standard InChI is InChI=1S/C12H12N4OS/c1-6-11(15-16-12(6)13)7-2-3-9-8(4-7)14-10(17)5-18-9/h2-4H,5H2,1H3,(H,14,17)(H3,13,15,16). The first kappa shape index (κ1) is 11.2. The molecule has 5 nitrogen and oxygen atoms in total. The zero-order chi connectivity index (χ0) is 12.7. The van der Waals surface area contributed by atoms with Crippen LogP contribution < -0.4 is 11.1 Å². The second-order valence-corrected chi connectivity index (χ2v) is 5.17. The fourth-order valence-electron chi connectivity index (χ4n) is 1.93. The van der Waals surface area contributed by atoms with E-state index in [-0.39, 0.29) is 5.91 Å². The van der Waals surface area contributed by atoms with Gasteiger partial charge in [-0.2, -0.15) is 5.10 Å². The van der Waals surface area contributed by atoms with Gasteiger partial charge in [-0.15, -0.1) is 11.8 Å². The number of nitrogens with one attached hydrogen (secondary N) is 2. The molecule has 92 valence electrons. The van der Waals surface area contributed by atoms with Gasteiger partial charge in [-0.3, -0.25) is 9.89 Å². The molecule has 1 aliphatic rings. The minimum atomic E-state index is 0.0329. The monoisotopic (exact) mass is 260 g/mol. The highest BCUT2D eigenvalue weighted by Gasteiger charge is 2.17. The maximum absolute atomic E-state index is 11.4. The molecule has 2 heterocycles. The van der Waals surface area contributed by atoms with Crippen molar-refractivity contribution in [2.24, 2.45) is 0 Å². The van der Waals surface area contributed by atoms with E-state index < -0.39 is 0 Å². The van der Waals surface area contributed by atoms with Gasteiger partial charge in [0.05, 0.1) is 17.1 Å². The lowest BCUT2D eigenvalue weighted by Crippen LogP contribution is -2.18. The van der Waals surface area contributed by atoms with Gasteiger partial charge < -0.3 is 11.1 Å². The van der Waals surface area contributed by atoms with E-state index in [0.717, 1.165) is 27.4 Å². The summed E-state index contributed by atoms with van der Waals surface area (Å²) in [5.41, 5.74) is 9.35. The number of aromatic nitrogens is 2. The summed E-state index contributed by atoms with van der Waals surface area (Å²) in [4.78, 5) is 12.5. The summed E-state index contributed by atoms with van der Waals surface area (Å²) < 4.78 is 0. The zero-order valence-electron chi connectivity index (χ0n) is 9.78. The number of carbonyl (C=O) groups is 1. The Morgan fingerprint density at radius 1 is 1.44 bits per heavy atom. The molecule has 6 heteroatoms. The predicted molar refractivity (Wildman–Crippen MR) is 72.5 cm³/mol. The van der Waals surface area contributed by atoms with Gasteiger partial charge in [0.1, 0.15) is 5.82 Å². The molecule has 0 aliphatic carbocycles. The van der Waals surface area contributed by atoms with Crippen LogP contribution >= 0.6 is 11.8 Å². The van der Waals surface area contributed by atoms with Crippen molar-refractivity contribution in [3.8, 4) is 11.3 Å². The van der Waals surface area contributed by atoms with E-state index in [2.05, 4.69) is 15.5 Å². The highest BCUT2D eigenvalue weighted by Crippen LogP contribution is 2.35. The van der Waals surface area contributed by atoms with Crippen molar-refractivity contribution in [1.29, 1.82) is 0 Å². The van der Waals surface area contributed by atoms with Crippen molar-refractivity contribution in [3.63, 3.8) is 0 Å². The number of fused-ring (bicyclic) bond motifs is 1. The number of H-pyrrole nitrogens is 1. The van der Waals surface area contributed by atoms with Gasteiger partial charge in [0, 0.05) is 16.0 Å². The molecular formula is C12H12N4OS. The lowest BCUT2D eigenvalue weighted by Gasteiger charge is -2.16. The van der Waals surface area contributed by atoms with Crippen LogP contribution in [-0.4, -0.2) is 21.9 Å². The lowest BCUT2D eigenvalue weighted by molar-refractivity contribution is -0.113. The summed E-state index contributed by atoms with van der Waals surface area (Å²) in [6, 6.07) is 5.95. The summed E-state index contributed by atoms with van der Waals surface area (Å²) in [6.45, 7) is 1.92. The van der Waals surface area contributed by atoms with Crippen molar-refractivity contribution in [2.75, 3.05) is 16.8 Å². The number of amides is 1. The molecule has 0 atom stereocenters. The molecule has 1 aromatic carbocycles. The summed E-state index contributed by atoms with van der Waals surface area (Å²) in [6.07, 6.45) is 0. The third-order valence-electron chi connectivity index (χ3n) is 2.95. The Hall–Kier alpha value is -1.95. The minimum Gasteiger partial charge on any atom is -0.382 e. The fraction of sp³-hybridized carbons (Fsp3) is 0.167. The highest BCUT2D eigenvalue weighted by atomic mass is 32.2. The molecule has 0 saturated heterocycles. The Kier molecular flexibility index (Phi) is 2.52. The van der Waals surface area contributed by atoms with E-state index >= 15 is 0 Å². The van der Waals surface area contributed by atoms with Crippen molar-refractivity contribution >= 4 is 29.2 Å². The molecule has 0 fully saturated rings. The number of nitrogens with two attached hydrogens (primary N) is 1. The van der Waals surface area contributed by atoms with E-state index in [1.165, 1.54) is 0 Å². The van der Waals surface area contributed by atoms with Gasteiger partial charge in [0.2, 0.25) is 5.91 Å². The maximum Gasteiger partial charge on any atom is 0.234 e. The third kappa shape index (κ3) is 1.74. The second kappa shape index (κ2) is 4.06. The molecule has 18 heavy (non-hydrogen) atoms. The first-order valence-electron chi connectivity index (χ1n) is 5.52. The third-order valence-corrected chi connectivity index (χ3v) is 4.02. The van der Waals surface area contributed by atoms with Crippen LogP contribution in [0.3, 0.4) is 0 Å². The minimum absolute atomic E-state index is 0.0329. The number of nitrogen functional groups attached to an aromatic ring is 1. The lowest BCUT2D eigenvalue weighted by atomic mass is 10.1. The second-order valence-electron chi connectivity index (χ2n) is 4.16. The Bertz CT molecular complexity index is 635. The molecule has 0 radical (unpaired) electrons. The molecule has 4 N–H and O–H groups in total. The van der Waals surface area contributed by atoms with Crippen molar-refractivity contribution in [3.05, 3.63) is 23.8 Å². The highest BCUT2D eigenvalue weighted by molar-refractivity contribution is 8.00. The molecule has 0 saturated carbocycles. The van der Waals surface area contributed by atoms with Crippen molar-refractivity contribution in [2.45, 2.75) is 11.8 Å². The van der Waals surface area contributed by atoms with Crippen LogP contribution in [0.5, 0.6) is 0 Å². The number of rotatable bonds is 1. The smallest absolute Gasteiger partial charge is 0.234 e. The van der Waals surface area contributed by atoms with Gasteiger partial charge in [-0.1, -0.05) is 6.07 Å². The van der Waals surface area contributed by atoms with Gasteiger partial charge >= 0.3 is 0 Å². The molecule has 1 amide bonds. The largest absolute Gasteiger partial charge is 0.382 e. The van der Waals surface area contributed by atoms with Crippen LogP contribution in [0.25, 0.3) is 11.3 Å². The first-order chi connectivity index (χ1) is 8.65. The van der Waals surface area contributed by atoms with Crippen LogP contribution in [0.1, 0.15) is 5.56 Å². The average Bonchev–Trinajstić information content (AvgIpc) is 2.69. The normalized spacial score (nSPS) is 14.2. The molecule has 0 bridgehead atoms. The van der Waals surface area contributed by atoms with Crippen LogP contribution in [-0.2, 0) is 4.79 Å². The molecule has 0 unspecified atom stereocenters. The Morgan fingerprint density at radius 2 is 2.28 bits per heavy atom. The first-order valence-corrected chi connectivity index (χ1v) is 6.51. The summed E-state index contributed by atoms with van der Waals surface area (Å²) in [5.74, 6) is 1.01. The molecule has 0 spiro atoms. The number of carbonyl (C=O) groups excluding carboxylic acids is 1. The van der Waals surface area contributed by atoms with E-state index in [9.17, 15) is 4.79 Å². The number of hydrogen-bond donors (Lipinski definition) is 3. The average molecular weight is 260 g/mol. The summed E-state index contributed by atoms with van der Waals surface area (Å²) >= 11 is 1.55. The Labute approximate surface area is 108 Å². The van der Waals surface area contributed by atoms with E-state index in [1.807, 2.05) is 25.1 Å². The predicted octanol–water partition coefficient (Wildman–Crippen LogP) is 2.01. The number of aromatic amines is 1. The van der Waals surface area contributed by atoms with E-state index in [0.29, 0.717) is 11.6 Å². The SMILES string of the molecule is Cc1c(N)n[nH]c1-c1ccc2c(c1)NC(=O)CS2. The van der Waals surface area contributed by atoms with Crippen molar-refractivity contribution in [1.82, 2.24) is 10.2 Å². The molecule has 3 rings (SSSR count). The number of anilines is 2. The molecule has 1 aliphatic heterocycles. The van der Waals surface area contributed by atoms with Crippen molar-refractivity contribution < 1.29 is 4.79 Å². The van der Waals surface area contributed by atoms with Gasteiger partial charge in [0.25, 0.3) is 0 Å². The van der Waals surface area contributed by atoms with Crippen LogP contribution in [0, 0.1) is 6.92 Å². The van der Waals surface area contributed by atoms with E-state index in [4.69, 9.17) is 5.73 Å². The quantitative estimate of drug-likeness (QED) is 0.732. The van der Waals surface area contributed by atoms with Gasteiger partial charge in [0.15, 0.2) is 0 Å². The number of thioether (sulfide) groups is 1. The topological polar surface area (TPSA) is 83.8 Å². The zero-order valence-corrected chi connectivity index (χ0v) is 10.6. The van der Waals surface area contributed by atoms with Gasteiger partial charge in [-0.25, -0.2) is 0 Å². The molecule has 1 aromatic heterocycles. The fourth-order valence-corrected chi connectivity index (χ4v) is 2.72. The Morgan fingerprint density at radius 3 is 3.00 bits per heavy atom. The van der Waals surface area contributed by atoms with Crippen LogP contribution in [0.2, 0.25) is 0 Å². The maximum atomic E-state index is 11.4. The summed E-state index contributed by atoms with van der Waals surface area (Å²) in [5, 5.41) is 9.76. The van der Waals surface area contributed by atoms with Crippen LogP contribution in [0.15, 0.2) is 23.1 Å². The molecular weight excluding hydrogens is 248 g/mol. The van der Waals surface area contributed by atoms with Crippen LogP contribution in [0.4, 0.5) is 11.5 Å². The number of hydrogen-bond acceptors (Lipinski definition) is 4. The summed E-state index contributed by atoms with van der Waals surface area (Å²) in [7, 11) is 0. The Balaban J connectivity index is 2.07.